The maximum Gasteiger partial charge on any atom is 0.273 e. The third kappa shape index (κ3) is 5.26. The lowest BCUT2D eigenvalue weighted by Crippen LogP contribution is -2.19. The van der Waals surface area contributed by atoms with E-state index in [0.29, 0.717) is 12.2 Å². The summed E-state index contributed by atoms with van der Waals surface area (Å²) >= 11 is 0. The molecule has 0 aliphatic carbocycles. The lowest BCUT2D eigenvalue weighted by molar-refractivity contribution is -0.385. The summed E-state index contributed by atoms with van der Waals surface area (Å²) in [4.78, 5) is 22.7. The van der Waals surface area contributed by atoms with E-state index in [9.17, 15) is 14.9 Å². The smallest absolute Gasteiger partial charge is 0.273 e. The number of rotatable bonds is 7. The summed E-state index contributed by atoms with van der Waals surface area (Å²) in [5.41, 5.74) is 4.65. The van der Waals surface area contributed by atoms with Crippen LogP contribution in [-0.2, 0) is 6.61 Å². The fraction of sp³-hybridized carbons (Fsp3) is 0.0909. The molecule has 0 fully saturated rings. The highest BCUT2D eigenvalue weighted by molar-refractivity contribution is 5.97. The minimum Gasteiger partial charge on any atom is -0.489 e. The van der Waals surface area contributed by atoms with Crippen LogP contribution in [0.2, 0.25) is 0 Å². The summed E-state index contributed by atoms with van der Waals surface area (Å²) < 4.78 is 5.72. The number of carbonyl (C=O) groups is 1. The quantitative estimate of drug-likeness (QED) is 0.371. The second-order valence-corrected chi connectivity index (χ2v) is 6.25. The van der Waals surface area contributed by atoms with E-state index in [-0.39, 0.29) is 11.3 Å². The van der Waals surface area contributed by atoms with E-state index in [1.165, 1.54) is 31.3 Å². The Bertz CT molecular complexity index is 1030. The van der Waals surface area contributed by atoms with Gasteiger partial charge in [0.15, 0.2) is 0 Å². The Hall–Kier alpha value is -4.00. The molecule has 0 bridgehead atoms. The second-order valence-electron chi connectivity index (χ2n) is 6.25. The molecule has 7 nitrogen and oxygen atoms in total. The molecule has 0 aromatic heterocycles. The summed E-state index contributed by atoms with van der Waals surface area (Å²) in [7, 11) is 0. The first kappa shape index (κ1) is 19.8. The van der Waals surface area contributed by atoms with Crippen LogP contribution >= 0.6 is 0 Å². The Kier molecular flexibility index (Phi) is 6.32. The Labute approximate surface area is 167 Å². The number of nitrogens with zero attached hydrogens (tertiary/aromatic N) is 2. The van der Waals surface area contributed by atoms with Crippen LogP contribution in [0.25, 0.3) is 0 Å². The van der Waals surface area contributed by atoms with E-state index < -0.39 is 10.8 Å². The van der Waals surface area contributed by atoms with Crippen LogP contribution < -0.4 is 10.2 Å². The predicted molar refractivity (Wildman–Crippen MR) is 110 cm³/mol. The molecule has 0 unspecified atom stereocenters. The molecule has 0 radical (unpaired) electrons. The van der Waals surface area contributed by atoms with E-state index in [1.807, 2.05) is 54.6 Å². The van der Waals surface area contributed by atoms with Crippen LogP contribution in [0.4, 0.5) is 5.69 Å². The molecular formula is C22H19N3O4. The highest BCUT2D eigenvalue weighted by atomic mass is 16.6. The van der Waals surface area contributed by atoms with Crippen molar-refractivity contribution in [2.75, 3.05) is 0 Å². The van der Waals surface area contributed by atoms with E-state index in [0.717, 1.165) is 16.9 Å². The average molecular weight is 389 g/mol. The number of hydrogen-bond acceptors (Lipinski definition) is 5. The molecule has 3 aromatic rings. The van der Waals surface area contributed by atoms with E-state index in [4.69, 9.17) is 4.74 Å². The number of hydrogen-bond donors (Lipinski definition) is 1. The molecular weight excluding hydrogens is 370 g/mol. The summed E-state index contributed by atoms with van der Waals surface area (Å²) in [5, 5.41) is 14.9. The Balaban J connectivity index is 1.57. The standard InChI is InChI=1S/C22H19N3O4/c1-16-20(8-5-9-21(16)25(27)28)22(26)24-23-14-17-10-12-19(13-11-17)29-15-18-6-3-2-4-7-18/h2-14H,15H2,1H3,(H,24,26)/b23-14-. The zero-order valence-corrected chi connectivity index (χ0v) is 15.7. The molecule has 0 aliphatic rings. The lowest BCUT2D eigenvalue weighted by Gasteiger charge is -2.06. The molecule has 0 spiro atoms. The third-order valence-corrected chi connectivity index (χ3v) is 4.25. The van der Waals surface area contributed by atoms with Gasteiger partial charge in [0.05, 0.1) is 16.7 Å². The van der Waals surface area contributed by atoms with Crippen LogP contribution in [0.5, 0.6) is 5.75 Å². The van der Waals surface area contributed by atoms with Crippen LogP contribution in [0, 0.1) is 17.0 Å². The molecule has 0 aliphatic heterocycles. The van der Waals surface area contributed by atoms with Gasteiger partial charge in [-0.3, -0.25) is 14.9 Å². The average Bonchev–Trinajstić information content (AvgIpc) is 2.74. The number of carbonyl (C=O) groups excluding carboxylic acids is 1. The first-order valence-electron chi connectivity index (χ1n) is 8.89. The van der Waals surface area contributed by atoms with Gasteiger partial charge in [0.25, 0.3) is 11.6 Å². The fourth-order valence-corrected chi connectivity index (χ4v) is 2.68. The first-order valence-corrected chi connectivity index (χ1v) is 8.89. The highest BCUT2D eigenvalue weighted by Gasteiger charge is 2.17. The summed E-state index contributed by atoms with van der Waals surface area (Å²) in [5.74, 6) is 0.215. The number of hydrazone groups is 1. The van der Waals surface area contributed by atoms with Gasteiger partial charge in [-0.1, -0.05) is 36.4 Å². The minimum atomic E-state index is -0.517. The highest BCUT2D eigenvalue weighted by Crippen LogP contribution is 2.21. The van der Waals surface area contributed by atoms with Crippen molar-refractivity contribution in [3.05, 3.63) is 105 Å². The molecule has 7 heteroatoms. The van der Waals surface area contributed by atoms with Crippen molar-refractivity contribution in [3.8, 4) is 5.75 Å². The molecule has 1 amide bonds. The van der Waals surface area contributed by atoms with Crippen molar-refractivity contribution in [1.82, 2.24) is 5.43 Å². The monoisotopic (exact) mass is 389 g/mol. The molecule has 3 aromatic carbocycles. The molecule has 1 N–H and O–H groups in total. The molecule has 0 saturated carbocycles. The molecule has 146 valence electrons. The normalized spacial score (nSPS) is 10.7. The number of ether oxygens (including phenoxy) is 1. The van der Waals surface area contributed by atoms with Crippen molar-refractivity contribution < 1.29 is 14.5 Å². The maximum atomic E-state index is 12.2. The lowest BCUT2D eigenvalue weighted by atomic mass is 10.1. The van der Waals surface area contributed by atoms with E-state index in [1.54, 1.807) is 0 Å². The van der Waals surface area contributed by atoms with Crippen LogP contribution in [0.15, 0.2) is 77.9 Å². The van der Waals surface area contributed by atoms with Gasteiger partial charge in [0.2, 0.25) is 0 Å². The number of nitro benzene ring substituents is 1. The molecule has 29 heavy (non-hydrogen) atoms. The SMILES string of the molecule is Cc1c(C(=O)N/N=C\c2ccc(OCc3ccccc3)cc2)cccc1[N+](=O)[O-]. The second kappa shape index (κ2) is 9.27. The Morgan fingerprint density at radius 2 is 1.79 bits per heavy atom. The van der Waals surface area contributed by atoms with Gasteiger partial charge in [-0.05, 0) is 48.4 Å². The van der Waals surface area contributed by atoms with Gasteiger partial charge in [-0.25, -0.2) is 5.43 Å². The summed E-state index contributed by atoms with van der Waals surface area (Å²) in [6.45, 7) is 2.01. The van der Waals surface area contributed by atoms with Gasteiger partial charge in [0.1, 0.15) is 12.4 Å². The van der Waals surface area contributed by atoms with Crippen LogP contribution in [-0.4, -0.2) is 17.0 Å². The number of nitro groups is 1. The maximum absolute atomic E-state index is 12.2. The minimum absolute atomic E-state index is 0.104. The van der Waals surface area contributed by atoms with Crippen molar-refractivity contribution in [2.45, 2.75) is 13.5 Å². The van der Waals surface area contributed by atoms with Gasteiger partial charge in [-0.15, -0.1) is 0 Å². The van der Waals surface area contributed by atoms with Gasteiger partial charge < -0.3 is 4.74 Å². The van der Waals surface area contributed by atoms with Crippen molar-refractivity contribution in [2.24, 2.45) is 5.10 Å². The third-order valence-electron chi connectivity index (χ3n) is 4.25. The fourth-order valence-electron chi connectivity index (χ4n) is 2.68. The Morgan fingerprint density at radius 3 is 2.48 bits per heavy atom. The zero-order chi connectivity index (χ0) is 20.6. The topological polar surface area (TPSA) is 93.8 Å². The van der Waals surface area contributed by atoms with E-state index in [2.05, 4.69) is 10.5 Å². The molecule has 3 rings (SSSR count). The summed E-state index contributed by atoms with van der Waals surface area (Å²) in [6, 6.07) is 21.5. The van der Waals surface area contributed by atoms with Crippen molar-refractivity contribution in [3.63, 3.8) is 0 Å². The zero-order valence-electron chi connectivity index (χ0n) is 15.7. The number of amides is 1. The largest absolute Gasteiger partial charge is 0.489 e. The number of benzene rings is 3. The van der Waals surface area contributed by atoms with Gasteiger partial charge in [-0.2, -0.15) is 5.10 Å². The Morgan fingerprint density at radius 1 is 1.07 bits per heavy atom. The molecule has 0 heterocycles. The van der Waals surface area contributed by atoms with Gasteiger partial charge in [0, 0.05) is 11.6 Å². The van der Waals surface area contributed by atoms with Gasteiger partial charge >= 0.3 is 0 Å². The number of nitrogens with one attached hydrogen (secondary N) is 1. The van der Waals surface area contributed by atoms with E-state index >= 15 is 0 Å². The summed E-state index contributed by atoms with van der Waals surface area (Å²) in [6.07, 6.45) is 1.49. The molecule has 0 atom stereocenters. The first-order chi connectivity index (χ1) is 14.0. The molecule has 0 saturated heterocycles. The van der Waals surface area contributed by atoms with Crippen LogP contribution in [0.3, 0.4) is 0 Å². The van der Waals surface area contributed by atoms with Crippen LogP contribution in [0.1, 0.15) is 27.0 Å². The predicted octanol–water partition coefficient (Wildman–Crippen LogP) is 4.25. The van der Waals surface area contributed by atoms with Crippen molar-refractivity contribution in [1.29, 1.82) is 0 Å². The van der Waals surface area contributed by atoms with Crippen molar-refractivity contribution >= 4 is 17.8 Å².